The predicted octanol–water partition coefficient (Wildman–Crippen LogP) is 14.2. The van der Waals surface area contributed by atoms with Gasteiger partial charge in [-0.25, -0.2) is 0 Å². The number of hydrogen-bond donors (Lipinski definition) is 2. The number of carbonyl (C=O) groups is 5. The highest BCUT2D eigenvalue weighted by molar-refractivity contribution is 8.77. The van der Waals surface area contributed by atoms with Gasteiger partial charge in [-0.15, -0.1) is 0 Å². The number of hydrogen-bond acceptors (Lipinski definition) is 17. The first-order chi connectivity index (χ1) is 35.8. The maximum Gasteiger partial charge on any atom is 0.318 e. The predicted molar refractivity (Wildman–Crippen MR) is 309 cm³/mol. The second kappa shape index (κ2) is 49.9. The van der Waals surface area contributed by atoms with Gasteiger partial charge >= 0.3 is 29.8 Å². The Morgan fingerprint density at radius 1 is 0.351 bits per heavy atom. The fraction of sp³-hybridized carbons (Fsp3) is 0.912. The number of unbranched alkanes of at least 4 members (excludes halogenated alkanes) is 26. The Morgan fingerprint density at radius 2 is 0.635 bits per heavy atom. The third-order valence-electron chi connectivity index (χ3n) is 13.1. The molecule has 2 N–H and O–H groups in total. The van der Waals surface area contributed by atoms with Crippen molar-refractivity contribution in [2.45, 2.75) is 234 Å². The molecule has 436 valence electrons. The molecule has 17 heteroatoms. The lowest BCUT2D eigenvalue weighted by Gasteiger charge is -2.31. The largest absolute Gasteiger partial charge is 0.464 e. The maximum atomic E-state index is 13.4. The molecule has 0 aliphatic rings. The molecule has 0 spiro atoms. The van der Waals surface area contributed by atoms with Crippen LogP contribution in [-0.2, 0) is 52.4 Å². The minimum absolute atomic E-state index is 0.104. The summed E-state index contributed by atoms with van der Waals surface area (Å²) in [5.74, 6) is -0.658. The van der Waals surface area contributed by atoms with Gasteiger partial charge < -0.3 is 38.6 Å². The van der Waals surface area contributed by atoms with Crippen molar-refractivity contribution in [3.8, 4) is 0 Å². The molecule has 0 aromatic carbocycles. The van der Waals surface area contributed by atoms with Gasteiger partial charge in [0.05, 0.1) is 32.7 Å². The first kappa shape index (κ1) is 72.6. The molecule has 0 bridgehead atoms. The van der Waals surface area contributed by atoms with Crippen molar-refractivity contribution >= 4 is 73.0 Å². The molecule has 2 unspecified atom stereocenters. The van der Waals surface area contributed by atoms with Crippen molar-refractivity contribution < 1.29 is 62.6 Å². The van der Waals surface area contributed by atoms with Crippen LogP contribution in [0.1, 0.15) is 234 Å². The van der Waals surface area contributed by atoms with E-state index in [1.54, 1.807) is 50.1 Å². The minimum Gasteiger partial charge on any atom is -0.464 e. The summed E-state index contributed by atoms with van der Waals surface area (Å²) in [6, 6.07) is 0. The van der Waals surface area contributed by atoms with Gasteiger partial charge in [0, 0.05) is 29.6 Å². The normalized spacial score (nSPS) is 13.9. The van der Waals surface area contributed by atoms with E-state index in [2.05, 4.69) is 13.8 Å². The van der Waals surface area contributed by atoms with Crippen molar-refractivity contribution in [2.24, 2.45) is 16.2 Å². The summed E-state index contributed by atoms with van der Waals surface area (Å²) in [5.41, 5.74) is -5.03. The molecule has 0 radical (unpaired) electrons. The Kier molecular flexibility index (Phi) is 49.0. The number of rotatable bonds is 55. The Hall–Kier alpha value is -1.37. The molecular formula is C57H106O13S4. The second-order valence-corrected chi connectivity index (χ2v) is 26.2. The van der Waals surface area contributed by atoms with Gasteiger partial charge in [0.2, 0.25) is 0 Å². The topological polar surface area (TPSA) is 181 Å². The summed E-state index contributed by atoms with van der Waals surface area (Å²) in [6.45, 7) is 7.27. The molecule has 0 heterocycles. The van der Waals surface area contributed by atoms with Crippen LogP contribution in [-0.4, -0.2) is 123 Å². The number of ether oxygens (including phenoxy) is 6. The SMILES string of the molecule is CCCCCCCCCCCCCCCCSSCCC(=O)OCC(C)(CO)C(=O)OCC(C)(COC(=O)C(C)(CO)COC(=O)CCSSCCCCCCCCCCCCCCCC)C(=O)OCCOCC. The fourth-order valence-electron chi connectivity index (χ4n) is 7.63. The zero-order valence-corrected chi connectivity index (χ0v) is 50.7. The monoisotopic (exact) mass is 1130 g/mol. The molecule has 0 aliphatic heterocycles. The molecule has 74 heavy (non-hydrogen) atoms. The molecule has 0 saturated heterocycles. The van der Waals surface area contributed by atoms with Gasteiger partial charge in [0.15, 0.2) is 0 Å². The lowest BCUT2D eigenvalue weighted by molar-refractivity contribution is -0.180. The number of aliphatic hydroxyl groups is 2. The molecule has 0 rings (SSSR count). The molecule has 0 aliphatic carbocycles. The van der Waals surface area contributed by atoms with E-state index < -0.39 is 85.7 Å². The Labute approximate surface area is 466 Å². The first-order valence-corrected chi connectivity index (χ1v) is 33.9. The molecule has 0 aromatic rings. The van der Waals surface area contributed by atoms with Gasteiger partial charge in [-0.1, -0.05) is 224 Å². The van der Waals surface area contributed by atoms with Gasteiger partial charge in [-0.2, -0.15) is 0 Å². The third kappa shape index (κ3) is 39.9. The maximum absolute atomic E-state index is 13.4. The average molecular weight is 1130 g/mol. The van der Waals surface area contributed by atoms with Crippen molar-refractivity contribution in [2.75, 3.05) is 82.5 Å². The average Bonchev–Trinajstić information content (AvgIpc) is 3.40. The van der Waals surface area contributed by atoms with Crippen molar-refractivity contribution in [1.82, 2.24) is 0 Å². The second-order valence-electron chi connectivity index (χ2n) is 20.8. The summed E-state index contributed by atoms with van der Waals surface area (Å²) < 4.78 is 32.5. The Bertz CT molecular complexity index is 1310. The van der Waals surface area contributed by atoms with E-state index in [9.17, 15) is 34.2 Å². The van der Waals surface area contributed by atoms with E-state index in [1.165, 1.54) is 188 Å². The quantitative estimate of drug-likeness (QED) is 0.0254. The van der Waals surface area contributed by atoms with Crippen LogP contribution in [0.5, 0.6) is 0 Å². The van der Waals surface area contributed by atoms with Crippen LogP contribution >= 0.6 is 43.2 Å². The van der Waals surface area contributed by atoms with Crippen LogP contribution in [0.3, 0.4) is 0 Å². The summed E-state index contributed by atoms with van der Waals surface area (Å²) >= 11 is 0. The number of esters is 5. The highest BCUT2D eigenvalue weighted by Gasteiger charge is 2.44. The zero-order valence-electron chi connectivity index (χ0n) is 47.4. The summed E-state index contributed by atoms with van der Waals surface area (Å²) in [4.78, 5) is 65.4. The molecule has 2 atom stereocenters. The standard InChI is InChI=1S/C57H106O13S4/c1-7-10-12-14-16-18-20-22-24-26-28-30-32-34-40-71-73-42-36-50(60)67-46-55(4,44-58)52(62)69-48-57(6,54(64)66-39-38-65-9-3)49-70-53(63)56(5,45-59)47-68-51(61)37-43-74-72-41-35-33-31-29-27-25-23-21-19-17-15-13-11-8-2/h58-59H,7-49H2,1-6H3. The van der Waals surface area contributed by atoms with Crippen LogP contribution in [0.2, 0.25) is 0 Å². The highest BCUT2D eigenvalue weighted by atomic mass is 33.1. The first-order valence-electron chi connectivity index (χ1n) is 28.9. The Morgan fingerprint density at radius 3 is 0.946 bits per heavy atom. The van der Waals surface area contributed by atoms with Crippen LogP contribution in [0.25, 0.3) is 0 Å². The van der Waals surface area contributed by atoms with Crippen molar-refractivity contribution in [3.63, 3.8) is 0 Å². The van der Waals surface area contributed by atoms with E-state index in [0.717, 1.165) is 24.3 Å². The van der Waals surface area contributed by atoms with E-state index in [4.69, 9.17) is 28.4 Å². The van der Waals surface area contributed by atoms with E-state index in [1.807, 2.05) is 0 Å². The molecule has 0 aromatic heterocycles. The van der Waals surface area contributed by atoms with Gasteiger partial charge in [-0.3, -0.25) is 24.0 Å². The summed E-state index contributed by atoms with van der Waals surface area (Å²) in [7, 11) is 6.69. The van der Waals surface area contributed by atoms with Crippen LogP contribution in [0.4, 0.5) is 0 Å². The van der Waals surface area contributed by atoms with E-state index in [-0.39, 0.29) is 26.1 Å². The van der Waals surface area contributed by atoms with Crippen LogP contribution < -0.4 is 0 Å². The fourth-order valence-corrected chi connectivity index (χ4v) is 11.9. The lowest BCUT2D eigenvalue weighted by atomic mass is 9.90. The molecule has 0 fully saturated rings. The molecule has 0 amide bonds. The smallest absolute Gasteiger partial charge is 0.318 e. The molecule has 13 nitrogen and oxygen atoms in total. The summed E-state index contributed by atoms with van der Waals surface area (Å²) in [5, 5.41) is 20.4. The minimum atomic E-state index is -1.74. The zero-order chi connectivity index (χ0) is 54.9. The molecule has 0 saturated carbocycles. The van der Waals surface area contributed by atoms with E-state index in [0.29, 0.717) is 18.1 Å². The van der Waals surface area contributed by atoms with Crippen LogP contribution in [0, 0.1) is 16.2 Å². The number of aliphatic hydroxyl groups excluding tert-OH is 2. The summed E-state index contributed by atoms with van der Waals surface area (Å²) in [6.07, 6.45) is 37.3. The molecular weight excluding hydrogens is 1020 g/mol. The third-order valence-corrected chi connectivity index (χ3v) is 18.1. The van der Waals surface area contributed by atoms with Crippen molar-refractivity contribution in [1.29, 1.82) is 0 Å². The van der Waals surface area contributed by atoms with E-state index >= 15 is 0 Å². The van der Waals surface area contributed by atoms with Gasteiger partial charge in [0.25, 0.3) is 0 Å². The van der Waals surface area contributed by atoms with Gasteiger partial charge in [-0.05, 0) is 40.5 Å². The van der Waals surface area contributed by atoms with Gasteiger partial charge in [0.1, 0.15) is 49.3 Å². The Balaban J connectivity index is 4.69. The lowest BCUT2D eigenvalue weighted by Crippen LogP contribution is -2.46. The highest BCUT2D eigenvalue weighted by Crippen LogP contribution is 2.29. The van der Waals surface area contributed by atoms with Crippen molar-refractivity contribution in [3.05, 3.63) is 0 Å². The van der Waals surface area contributed by atoms with Crippen LogP contribution in [0.15, 0.2) is 0 Å². The number of carbonyl (C=O) groups excluding carboxylic acids is 5.